The average molecular weight is 825 g/mol. The second-order valence-electron chi connectivity index (χ2n) is 14.7. The lowest BCUT2D eigenvalue weighted by molar-refractivity contribution is -0.161. The summed E-state index contributed by atoms with van der Waals surface area (Å²) in [4.78, 5) is 24.4. The van der Waals surface area contributed by atoms with Crippen molar-refractivity contribution in [1.82, 2.24) is 0 Å². The molecule has 0 amide bonds. The Morgan fingerprint density at radius 3 is 0.983 bits per heavy atom. The minimum Gasteiger partial charge on any atom is -0.462 e. The van der Waals surface area contributed by atoms with Crippen LogP contribution in [0.3, 0.4) is 0 Å². The van der Waals surface area contributed by atoms with E-state index in [2.05, 4.69) is 160 Å². The zero-order chi connectivity index (χ0) is 43.5. The van der Waals surface area contributed by atoms with Crippen molar-refractivity contribution in [1.29, 1.82) is 0 Å². The monoisotopic (exact) mass is 825 g/mol. The van der Waals surface area contributed by atoms with Crippen LogP contribution in [0.5, 0.6) is 0 Å². The molecule has 0 spiro atoms. The molecule has 0 aromatic heterocycles. The molecule has 0 bridgehead atoms. The highest BCUT2D eigenvalue weighted by Crippen LogP contribution is 2.10. The van der Waals surface area contributed by atoms with Crippen molar-refractivity contribution in [2.45, 2.75) is 174 Å². The predicted octanol–water partition coefficient (Wildman–Crippen LogP) is 15.5. The normalized spacial score (nSPS) is 13.6. The number of unbranched alkanes of at least 4 members (excludes halogenated alkanes) is 8. The number of hydrogen-bond acceptors (Lipinski definition) is 5. The van der Waals surface area contributed by atoms with Gasteiger partial charge in [0.05, 0.1) is 6.61 Å². The van der Waals surface area contributed by atoms with Gasteiger partial charge >= 0.3 is 11.9 Å². The molecule has 0 aromatic carbocycles. The number of esters is 2. The molecule has 0 saturated carbocycles. The lowest BCUT2D eigenvalue weighted by Gasteiger charge is -2.15. The fourth-order valence-corrected chi connectivity index (χ4v) is 5.68. The summed E-state index contributed by atoms with van der Waals surface area (Å²) in [5, 5.41) is 9.60. The Morgan fingerprint density at radius 1 is 0.383 bits per heavy atom. The second-order valence-corrected chi connectivity index (χ2v) is 14.7. The van der Waals surface area contributed by atoms with Crippen LogP contribution in [0.2, 0.25) is 0 Å². The van der Waals surface area contributed by atoms with E-state index in [1.54, 1.807) is 0 Å². The maximum Gasteiger partial charge on any atom is 0.306 e. The molecule has 0 heterocycles. The molecule has 5 heteroatoms. The van der Waals surface area contributed by atoms with Gasteiger partial charge in [0.2, 0.25) is 0 Å². The summed E-state index contributed by atoms with van der Waals surface area (Å²) >= 11 is 0. The first-order valence-electron chi connectivity index (χ1n) is 23.4. The molecule has 0 aliphatic heterocycles. The number of aliphatic hydroxyl groups excluding tert-OH is 1. The molecule has 1 N–H and O–H groups in total. The second kappa shape index (κ2) is 49.1. The first-order chi connectivity index (χ1) is 29.6. The maximum absolute atomic E-state index is 12.2. The summed E-state index contributed by atoms with van der Waals surface area (Å²) in [6, 6.07) is 0. The van der Waals surface area contributed by atoms with Crippen LogP contribution in [0.25, 0.3) is 0 Å². The van der Waals surface area contributed by atoms with E-state index in [-0.39, 0.29) is 25.2 Å². The van der Waals surface area contributed by atoms with Gasteiger partial charge in [-0.15, -0.1) is 0 Å². The Balaban J connectivity index is 3.71. The third-order valence-electron chi connectivity index (χ3n) is 9.13. The van der Waals surface area contributed by atoms with Crippen molar-refractivity contribution >= 4 is 11.9 Å². The van der Waals surface area contributed by atoms with Gasteiger partial charge in [-0.05, 0) is 116 Å². The van der Waals surface area contributed by atoms with Gasteiger partial charge in [0.1, 0.15) is 6.61 Å². The Labute approximate surface area is 368 Å². The van der Waals surface area contributed by atoms with Crippen molar-refractivity contribution < 1.29 is 24.2 Å². The highest BCUT2D eigenvalue weighted by molar-refractivity contribution is 5.70. The van der Waals surface area contributed by atoms with Gasteiger partial charge in [0.25, 0.3) is 0 Å². The smallest absolute Gasteiger partial charge is 0.306 e. The molecule has 5 nitrogen and oxygen atoms in total. The molecule has 1 unspecified atom stereocenters. The molecule has 334 valence electrons. The van der Waals surface area contributed by atoms with Crippen LogP contribution in [0.1, 0.15) is 168 Å². The molecule has 0 aromatic rings. The first kappa shape index (κ1) is 55.8. The quantitative estimate of drug-likeness (QED) is 0.0378. The summed E-state index contributed by atoms with van der Waals surface area (Å²) in [6.07, 6.45) is 74.9. The Hall–Kier alpha value is -4.22. The van der Waals surface area contributed by atoms with Crippen LogP contribution in [-0.2, 0) is 19.1 Å². The minimum absolute atomic E-state index is 0.100. The minimum atomic E-state index is -0.808. The first-order valence-corrected chi connectivity index (χ1v) is 23.4. The van der Waals surface area contributed by atoms with Gasteiger partial charge in [-0.1, -0.05) is 185 Å². The van der Waals surface area contributed by atoms with E-state index >= 15 is 0 Å². The van der Waals surface area contributed by atoms with Crippen LogP contribution in [0.15, 0.2) is 146 Å². The molecule has 0 aliphatic carbocycles. The molecule has 0 saturated heterocycles. The van der Waals surface area contributed by atoms with E-state index in [4.69, 9.17) is 9.47 Å². The summed E-state index contributed by atoms with van der Waals surface area (Å²) in [5.74, 6) is -0.663. The van der Waals surface area contributed by atoms with Crippen molar-refractivity contribution in [2.75, 3.05) is 13.2 Å². The Kier molecular flexibility index (Phi) is 45.7. The molecule has 0 aliphatic rings. The molecule has 0 rings (SSSR count). The summed E-state index contributed by atoms with van der Waals surface area (Å²) in [5.41, 5.74) is 0. The molecule has 0 radical (unpaired) electrons. The van der Waals surface area contributed by atoms with Crippen molar-refractivity contribution in [2.24, 2.45) is 0 Å². The van der Waals surface area contributed by atoms with Crippen molar-refractivity contribution in [3.05, 3.63) is 146 Å². The fraction of sp³-hybridized carbons (Fsp3) is 0.527. The lowest BCUT2D eigenvalue weighted by atomic mass is 10.1. The summed E-state index contributed by atoms with van der Waals surface area (Å²) in [7, 11) is 0. The van der Waals surface area contributed by atoms with E-state index in [1.807, 2.05) is 0 Å². The zero-order valence-electron chi connectivity index (χ0n) is 37.9. The lowest BCUT2D eigenvalue weighted by Crippen LogP contribution is -2.28. The number of hydrogen-bond donors (Lipinski definition) is 1. The van der Waals surface area contributed by atoms with Crippen LogP contribution in [-0.4, -0.2) is 36.4 Å². The third-order valence-corrected chi connectivity index (χ3v) is 9.13. The van der Waals surface area contributed by atoms with E-state index in [0.29, 0.717) is 12.8 Å². The van der Waals surface area contributed by atoms with Crippen LogP contribution in [0, 0.1) is 0 Å². The average Bonchev–Trinajstić information content (AvgIpc) is 3.25. The van der Waals surface area contributed by atoms with E-state index < -0.39 is 6.10 Å². The fourth-order valence-electron chi connectivity index (χ4n) is 5.68. The number of allylic oxidation sites excluding steroid dienone is 24. The van der Waals surface area contributed by atoms with Gasteiger partial charge < -0.3 is 14.6 Å². The number of carbonyl (C=O) groups is 2. The largest absolute Gasteiger partial charge is 0.462 e. The van der Waals surface area contributed by atoms with Gasteiger partial charge in [0, 0.05) is 12.8 Å². The number of ether oxygens (including phenoxy) is 2. The SMILES string of the molecule is CC/C=C\C/C=C\C/C=C\C/C=C\C/C=C\C/C=C\C/C=C\C/C=C\CCCCCCC(=O)OC(CO)COC(=O)CCCCCC/C=C\C/C=C\C/C=C\C/C=C\CC. The van der Waals surface area contributed by atoms with E-state index in [1.165, 1.54) is 0 Å². The number of rotatable bonds is 40. The molecule has 0 fully saturated rings. The Morgan fingerprint density at radius 2 is 0.667 bits per heavy atom. The predicted molar refractivity (Wildman–Crippen MR) is 260 cm³/mol. The standard InChI is InChI=1S/C55H84O5/c1-3-5-7-9-11-13-15-17-19-21-22-23-24-25-26-27-28-29-30-31-32-34-36-38-40-42-44-46-48-50-55(58)60-53(51-56)52-59-54(57)49-47-45-43-41-39-37-35-33-20-18-16-14-12-10-8-6-4-2/h5-8,11-14,17-20,22-23,25-26,28-29,31-32,35-38,53,56H,3-4,9-10,15-16,21,24,27,30,33-34,39-52H2,1-2H3/b7-5-,8-6-,13-11-,14-12-,19-17-,20-18-,23-22-,26-25-,29-28-,32-31-,37-35-,38-36-. The number of aliphatic hydroxyl groups is 1. The van der Waals surface area contributed by atoms with Gasteiger partial charge in [-0.3, -0.25) is 9.59 Å². The van der Waals surface area contributed by atoms with Crippen LogP contribution >= 0.6 is 0 Å². The van der Waals surface area contributed by atoms with E-state index in [9.17, 15) is 14.7 Å². The maximum atomic E-state index is 12.2. The van der Waals surface area contributed by atoms with Gasteiger partial charge in [-0.2, -0.15) is 0 Å². The number of carbonyl (C=O) groups excluding carboxylic acids is 2. The van der Waals surface area contributed by atoms with Crippen molar-refractivity contribution in [3.8, 4) is 0 Å². The van der Waals surface area contributed by atoms with Gasteiger partial charge in [-0.25, -0.2) is 0 Å². The summed E-state index contributed by atoms with van der Waals surface area (Å²) in [6.45, 7) is 3.84. The Bertz CT molecular complexity index is 1350. The van der Waals surface area contributed by atoms with Crippen LogP contribution < -0.4 is 0 Å². The van der Waals surface area contributed by atoms with E-state index in [0.717, 1.165) is 141 Å². The third kappa shape index (κ3) is 46.5. The molecule has 60 heavy (non-hydrogen) atoms. The van der Waals surface area contributed by atoms with Crippen LogP contribution in [0.4, 0.5) is 0 Å². The zero-order valence-corrected chi connectivity index (χ0v) is 37.9. The van der Waals surface area contributed by atoms with Gasteiger partial charge in [0.15, 0.2) is 6.10 Å². The summed E-state index contributed by atoms with van der Waals surface area (Å²) < 4.78 is 10.6. The highest BCUT2D eigenvalue weighted by atomic mass is 16.6. The molecule has 1 atom stereocenters. The highest BCUT2D eigenvalue weighted by Gasteiger charge is 2.16. The topological polar surface area (TPSA) is 72.8 Å². The molecular formula is C55H84O5. The van der Waals surface area contributed by atoms with Crippen molar-refractivity contribution in [3.63, 3.8) is 0 Å². The molecular weight excluding hydrogens is 741 g/mol.